The van der Waals surface area contributed by atoms with Crippen LogP contribution in [0.1, 0.15) is 0 Å². The van der Waals surface area contributed by atoms with Gasteiger partial charge in [-0.05, 0) is 59.0 Å². The average molecular weight is 617 g/mol. The summed E-state index contributed by atoms with van der Waals surface area (Å²) >= 11 is 2.26. The summed E-state index contributed by atoms with van der Waals surface area (Å²) in [6.07, 6.45) is 0. The zero-order valence-corrected chi connectivity index (χ0v) is 21.4. The van der Waals surface area contributed by atoms with Crippen LogP contribution in [0.5, 0.6) is 23.0 Å². The number of hydrogen-bond donors (Lipinski definition) is 0. The van der Waals surface area contributed by atoms with Gasteiger partial charge in [-0.15, -0.1) is 12.1 Å². The largest absolute Gasteiger partial charge is 2.00 e. The Kier molecular flexibility index (Phi) is 13.0. The minimum absolute atomic E-state index is 0. The third kappa shape index (κ3) is 9.37. The van der Waals surface area contributed by atoms with Crippen LogP contribution >= 0.6 is 22.6 Å². The van der Waals surface area contributed by atoms with E-state index in [1.165, 1.54) is 0 Å². The predicted octanol–water partition coefficient (Wildman–Crippen LogP) is 3.99. The molecule has 2 nitrogen and oxygen atoms in total. The topological polar surface area (TPSA) is 18.5 Å². The van der Waals surface area contributed by atoms with Crippen molar-refractivity contribution >= 4 is 45.6 Å². The number of rotatable bonds is 4. The second kappa shape index (κ2) is 14.7. The van der Waals surface area contributed by atoms with Gasteiger partial charge >= 0.3 is 23.1 Å². The number of benzene rings is 4. The molecule has 0 unspecified atom stereocenters. The summed E-state index contributed by atoms with van der Waals surface area (Å²) in [6.45, 7) is 0. The van der Waals surface area contributed by atoms with Gasteiger partial charge in [0.15, 0.2) is 0 Å². The van der Waals surface area contributed by atoms with Gasteiger partial charge in [0.05, 0.1) is 3.57 Å². The number of para-hydroxylation sites is 4. The maximum atomic E-state index is 5.70. The van der Waals surface area contributed by atoms with E-state index in [4.69, 9.17) is 9.47 Å². The van der Waals surface area contributed by atoms with Crippen molar-refractivity contribution in [1.82, 2.24) is 0 Å². The minimum Gasteiger partial charge on any atom is -1.00 e. The Balaban J connectivity index is 0.000000272. The van der Waals surface area contributed by atoms with Crippen LogP contribution in [0.25, 0.3) is 0 Å². The van der Waals surface area contributed by atoms with Crippen LogP contribution in [-0.4, -0.2) is 23.1 Å². The molecule has 0 saturated carbocycles. The van der Waals surface area contributed by atoms with E-state index in [2.05, 4.69) is 28.7 Å². The first-order valence-corrected chi connectivity index (χ1v) is 9.56. The van der Waals surface area contributed by atoms with Gasteiger partial charge in [0.1, 0.15) is 17.2 Å². The van der Waals surface area contributed by atoms with Crippen molar-refractivity contribution in [1.29, 1.82) is 0 Å². The molecule has 0 aliphatic carbocycles. The molecular weight excluding hydrogens is 598 g/mol. The van der Waals surface area contributed by atoms with E-state index in [1.54, 1.807) is 0 Å². The summed E-state index contributed by atoms with van der Waals surface area (Å²) < 4.78 is 12.3. The number of halogens is 2. The number of ether oxygens (including phenoxy) is 2. The van der Waals surface area contributed by atoms with Crippen molar-refractivity contribution in [3.8, 4) is 23.0 Å². The summed E-state index contributed by atoms with van der Waals surface area (Å²) in [5.41, 5.74) is 0. The van der Waals surface area contributed by atoms with Crippen LogP contribution in [0.4, 0.5) is 0 Å². The third-order valence-corrected chi connectivity index (χ3v) is 4.35. The summed E-state index contributed by atoms with van der Waals surface area (Å²) in [5, 5.41) is 0. The predicted molar refractivity (Wildman–Crippen MR) is 123 cm³/mol. The van der Waals surface area contributed by atoms with Crippen molar-refractivity contribution in [2.75, 3.05) is 0 Å². The fourth-order valence-electron chi connectivity index (χ4n) is 2.20. The van der Waals surface area contributed by atoms with Crippen molar-refractivity contribution in [2.45, 2.75) is 0 Å². The van der Waals surface area contributed by atoms with Crippen LogP contribution in [-0.2, 0) is 0 Å². The summed E-state index contributed by atoms with van der Waals surface area (Å²) in [4.78, 5) is 0. The Morgan fingerprint density at radius 3 is 1.66 bits per heavy atom. The first kappa shape index (κ1) is 25.7. The Bertz CT molecular complexity index is 899. The molecule has 0 aromatic heterocycles. The Morgan fingerprint density at radius 1 is 0.586 bits per heavy atom. The van der Waals surface area contributed by atoms with Crippen LogP contribution in [0.15, 0.2) is 109 Å². The molecule has 5 heteroatoms. The van der Waals surface area contributed by atoms with E-state index in [9.17, 15) is 0 Å². The first-order chi connectivity index (χ1) is 13.3. The summed E-state index contributed by atoms with van der Waals surface area (Å²) in [5.74, 6) is 3.36. The molecule has 4 rings (SSSR count). The zero-order valence-electron chi connectivity index (χ0n) is 15.7. The molecular formula is C24H18I2MgO2. The molecule has 0 heterocycles. The molecule has 142 valence electrons. The molecule has 29 heavy (non-hydrogen) atoms. The average Bonchev–Trinajstić information content (AvgIpc) is 2.73. The molecule has 4 aromatic rings. The normalized spacial score (nSPS) is 9.00. The van der Waals surface area contributed by atoms with Crippen LogP contribution < -0.4 is 33.5 Å². The van der Waals surface area contributed by atoms with E-state index in [1.807, 2.05) is 109 Å². The smallest absolute Gasteiger partial charge is 1.00 e. The fourth-order valence-corrected chi connectivity index (χ4v) is 2.70. The van der Waals surface area contributed by atoms with E-state index in [0.29, 0.717) is 0 Å². The van der Waals surface area contributed by atoms with E-state index < -0.39 is 0 Å². The van der Waals surface area contributed by atoms with Crippen LogP contribution in [0.2, 0.25) is 0 Å². The Hall–Kier alpha value is -1.29. The van der Waals surface area contributed by atoms with Gasteiger partial charge in [0, 0.05) is 5.75 Å². The molecule has 0 spiro atoms. The van der Waals surface area contributed by atoms with E-state index >= 15 is 0 Å². The minimum atomic E-state index is 0. The quantitative estimate of drug-likeness (QED) is 0.196. The molecule has 0 aliphatic rings. The van der Waals surface area contributed by atoms with Gasteiger partial charge in [-0.25, -0.2) is 0 Å². The van der Waals surface area contributed by atoms with Gasteiger partial charge in [0.2, 0.25) is 0 Å². The van der Waals surface area contributed by atoms with E-state index in [0.717, 1.165) is 26.6 Å². The van der Waals surface area contributed by atoms with Gasteiger partial charge in [-0.3, -0.25) is 0 Å². The van der Waals surface area contributed by atoms with Gasteiger partial charge in [-0.1, -0.05) is 48.5 Å². The molecule has 0 fully saturated rings. The third-order valence-electron chi connectivity index (χ3n) is 3.46. The molecule has 0 amide bonds. The second-order valence-electron chi connectivity index (χ2n) is 5.49. The standard InChI is InChI=1S/C12H9IO.C12H9O.HI.Mg/c13-11-8-4-5-9-12(11)14-10-6-2-1-3-7-10;1-3-7-11(8-4-1)13-12-9-5-2-6-10-12;;/h1-9H;1-9H;1H;/q;-1;;+2/p-1. The fraction of sp³-hybridized carbons (Fsp3) is 0. The SMILES string of the molecule is Ic1ccccc1Oc1ccccc1.[I-].[Mg+2].[c-]1ccccc1Oc1ccccc1. The Morgan fingerprint density at radius 2 is 1.10 bits per heavy atom. The van der Waals surface area contributed by atoms with Crippen molar-refractivity contribution in [3.05, 3.63) is 119 Å². The van der Waals surface area contributed by atoms with Crippen molar-refractivity contribution < 1.29 is 33.5 Å². The van der Waals surface area contributed by atoms with Crippen LogP contribution in [0.3, 0.4) is 0 Å². The summed E-state index contributed by atoms with van der Waals surface area (Å²) in [7, 11) is 0. The molecule has 0 saturated heterocycles. The zero-order chi connectivity index (χ0) is 18.7. The van der Waals surface area contributed by atoms with Gasteiger partial charge in [0.25, 0.3) is 0 Å². The first-order valence-electron chi connectivity index (χ1n) is 8.48. The van der Waals surface area contributed by atoms with Crippen molar-refractivity contribution in [2.24, 2.45) is 0 Å². The molecule has 0 N–H and O–H groups in total. The van der Waals surface area contributed by atoms with Gasteiger partial charge in [-0.2, -0.15) is 18.2 Å². The maximum Gasteiger partial charge on any atom is 2.00 e. The monoisotopic (exact) mass is 616 g/mol. The molecule has 0 bridgehead atoms. The number of hydrogen-bond acceptors (Lipinski definition) is 2. The molecule has 0 atom stereocenters. The van der Waals surface area contributed by atoms with Crippen molar-refractivity contribution in [3.63, 3.8) is 0 Å². The van der Waals surface area contributed by atoms with Gasteiger partial charge < -0.3 is 33.5 Å². The maximum absolute atomic E-state index is 5.70. The second-order valence-corrected chi connectivity index (χ2v) is 6.65. The molecule has 0 radical (unpaired) electrons. The summed E-state index contributed by atoms with van der Waals surface area (Å²) in [6, 6.07) is 38.0. The molecule has 4 aromatic carbocycles. The van der Waals surface area contributed by atoms with Crippen LogP contribution in [0, 0.1) is 9.64 Å². The Labute approximate surface area is 219 Å². The molecule has 0 aliphatic heterocycles. The van der Waals surface area contributed by atoms with E-state index in [-0.39, 0.29) is 47.0 Å².